The summed E-state index contributed by atoms with van der Waals surface area (Å²) in [6.07, 6.45) is 2.26. The van der Waals surface area contributed by atoms with Crippen LogP contribution in [0.1, 0.15) is 6.42 Å². The Bertz CT molecular complexity index is 96.7. The second kappa shape index (κ2) is 4.53. The second-order valence-corrected chi connectivity index (χ2v) is 1.39. The van der Waals surface area contributed by atoms with Gasteiger partial charge in [-0.3, -0.25) is 4.99 Å². The molecule has 8 heavy (non-hydrogen) atoms. The molecule has 0 bridgehead atoms. The van der Waals surface area contributed by atoms with Crippen molar-refractivity contribution < 1.29 is 5.11 Å². The molecule has 0 spiro atoms. The van der Waals surface area contributed by atoms with E-state index in [4.69, 9.17) is 5.11 Å². The molecule has 0 aliphatic heterocycles. The normalized spacial score (nSPS) is 11.5. The van der Waals surface area contributed by atoms with Gasteiger partial charge >= 0.3 is 0 Å². The second-order valence-electron chi connectivity index (χ2n) is 1.39. The molecule has 0 saturated heterocycles. The Labute approximate surface area is 49.6 Å². The largest absolute Gasteiger partial charge is 0.396 e. The maximum Gasteiger partial charge on any atom is 0.0486 e. The molecule has 2 nitrogen and oxygen atoms in total. The van der Waals surface area contributed by atoms with Crippen molar-refractivity contribution in [3.05, 3.63) is 12.7 Å². The summed E-state index contributed by atoms with van der Waals surface area (Å²) < 4.78 is 0. The summed E-state index contributed by atoms with van der Waals surface area (Å²) in [5.74, 6) is 0. The minimum atomic E-state index is 0.151. The van der Waals surface area contributed by atoms with Crippen molar-refractivity contribution in [3.8, 4) is 0 Å². The van der Waals surface area contributed by atoms with Gasteiger partial charge < -0.3 is 5.11 Å². The van der Waals surface area contributed by atoms with E-state index in [1.165, 1.54) is 0 Å². The minimum absolute atomic E-state index is 0.151. The van der Waals surface area contributed by atoms with E-state index in [1.807, 2.05) is 0 Å². The van der Waals surface area contributed by atoms with Crippen LogP contribution >= 0.6 is 0 Å². The molecule has 0 heterocycles. The highest BCUT2D eigenvalue weighted by atomic mass is 16.3. The lowest BCUT2D eigenvalue weighted by Gasteiger charge is -1.91. The van der Waals surface area contributed by atoms with E-state index in [9.17, 15) is 0 Å². The van der Waals surface area contributed by atoms with Crippen LogP contribution < -0.4 is 0 Å². The third-order valence-electron chi connectivity index (χ3n) is 0.891. The molecule has 0 aromatic rings. The molecule has 0 aliphatic carbocycles. The highest BCUT2D eigenvalue weighted by Gasteiger charge is 1.86. The molecule has 0 aliphatic rings. The van der Waals surface area contributed by atoms with Crippen LogP contribution in [0, 0.1) is 0 Å². The summed E-state index contributed by atoms with van der Waals surface area (Å²) in [5, 5.41) is 8.37. The zero-order valence-corrected chi connectivity index (χ0v) is 5.09. The van der Waals surface area contributed by atoms with E-state index >= 15 is 0 Å². The van der Waals surface area contributed by atoms with Gasteiger partial charge in [0.1, 0.15) is 0 Å². The quantitative estimate of drug-likeness (QED) is 0.535. The third-order valence-corrected chi connectivity index (χ3v) is 0.891. The summed E-state index contributed by atoms with van der Waals surface area (Å²) in [7, 11) is 1.69. The summed E-state index contributed by atoms with van der Waals surface area (Å²) in [6, 6.07) is 0. The lowest BCUT2D eigenvalue weighted by molar-refractivity contribution is 0.307. The summed E-state index contributed by atoms with van der Waals surface area (Å²) in [4.78, 5) is 3.83. The Morgan fingerprint density at radius 1 is 1.88 bits per heavy atom. The first-order valence-corrected chi connectivity index (χ1v) is 2.54. The summed E-state index contributed by atoms with van der Waals surface area (Å²) in [6.45, 7) is 3.66. The van der Waals surface area contributed by atoms with Gasteiger partial charge in [-0.1, -0.05) is 6.58 Å². The molecule has 0 amide bonds. The molecule has 0 atom stereocenters. The molecule has 0 rings (SSSR count). The Kier molecular flexibility index (Phi) is 4.17. The van der Waals surface area contributed by atoms with E-state index in [2.05, 4.69) is 11.6 Å². The van der Waals surface area contributed by atoms with Gasteiger partial charge in [0.05, 0.1) is 0 Å². The van der Waals surface area contributed by atoms with Gasteiger partial charge in [-0.2, -0.15) is 0 Å². The van der Waals surface area contributed by atoms with E-state index in [0.29, 0.717) is 6.42 Å². The van der Waals surface area contributed by atoms with Crippen molar-refractivity contribution in [2.45, 2.75) is 6.42 Å². The number of aliphatic imine (C=N–C) groups is 1. The van der Waals surface area contributed by atoms with Gasteiger partial charge in [0, 0.05) is 25.8 Å². The number of rotatable bonds is 3. The molecule has 2 heteroatoms. The number of nitrogens with zero attached hydrogens (tertiary/aromatic N) is 1. The van der Waals surface area contributed by atoms with Crippen LogP contribution in [0.25, 0.3) is 0 Å². The van der Waals surface area contributed by atoms with Gasteiger partial charge in [-0.15, -0.1) is 0 Å². The number of hydrogen-bond donors (Lipinski definition) is 1. The molecular weight excluding hydrogens is 102 g/mol. The van der Waals surface area contributed by atoms with E-state index in [-0.39, 0.29) is 6.61 Å². The van der Waals surface area contributed by atoms with Gasteiger partial charge in [-0.25, -0.2) is 0 Å². The maximum absolute atomic E-state index is 8.37. The predicted molar refractivity (Wildman–Crippen MR) is 35.3 cm³/mol. The van der Waals surface area contributed by atoms with Gasteiger partial charge in [0.2, 0.25) is 0 Å². The zero-order chi connectivity index (χ0) is 6.41. The number of aliphatic hydroxyl groups excluding tert-OH is 1. The van der Waals surface area contributed by atoms with Crippen LogP contribution in [-0.2, 0) is 0 Å². The monoisotopic (exact) mass is 113 g/mol. The molecule has 0 aromatic heterocycles. The van der Waals surface area contributed by atoms with Gasteiger partial charge in [0.25, 0.3) is 0 Å². The number of aliphatic hydroxyl groups is 1. The standard InChI is InChI=1S/C6H11NO/c1-3-6(7-2)4-5-8/h3,8H,1,4-5H2,2H3/b7-6+. The molecule has 1 N–H and O–H groups in total. The predicted octanol–water partition coefficient (Wildman–Crippen LogP) is 0.626. The van der Waals surface area contributed by atoms with Crippen LogP contribution in [0.2, 0.25) is 0 Å². The van der Waals surface area contributed by atoms with Crippen molar-refractivity contribution in [1.29, 1.82) is 0 Å². The average Bonchev–Trinajstić information content (AvgIpc) is 1.83. The van der Waals surface area contributed by atoms with Gasteiger partial charge in [-0.05, 0) is 6.08 Å². The van der Waals surface area contributed by atoms with Crippen molar-refractivity contribution in [2.75, 3.05) is 13.7 Å². The SMILES string of the molecule is C=C/C(CCO)=N\C. The smallest absolute Gasteiger partial charge is 0.0486 e. The molecular formula is C6H11NO. The summed E-state index contributed by atoms with van der Waals surface area (Å²) >= 11 is 0. The number of allylic oxidation sites excluding steroid dienone is 1. The van der Waals surface area contributed by atoms with Crippen LogP contribution in [0.3, 0.4) is 0 Å². The molecule has 0 radical (unpaired) electrons. The van der Waals surface area contributed by atoms with Crippen LogP contribution in [0.5, 0.6) is 0 Å². The fraction of sp³-hybridized carbons (Fsp3) is 0.500. The third kappa shape index (κ3) is 2.53. The fourth-order valence-electron chi connectivity index (χ4n) is 0.420. The van der Waals surface area contributed by atoms with E-state index < -0.39 is 0 Å². The van der Waals surface area contributed by atoms with E-state index in [0.717, 1.165) is 5.71 Å². The Balaban J connectivity index is 3.54. The Morgan fingerprint density at radius 3 is 2.62 bits per heavy atom. The van der Waals surface area contributed by atoms with Crippen LogP contribution in [0.4, 0.5) is 0 Å². The van der Waals surface area contributed by atoms with Crippen molar-refractivity contribution in [2.24, 2.45) is 4.99 Å². The maximum atomic E-state index is 8.37. The van der Waals surface area contributed by atoms with Crippen molar-refractivity contribution in [3.63, 3.8) is 0 Å². The number of hydrogen-bond acceptors (Lipinski definition) is 2. The first kappa shape index (κ1) is 7.37. The average molecular weight is 113 g/mol. The molecule has 0 unspecified atom stereocenters. The molecule has 46 valence electrons. The molecule has 0 fully saturated rings. The van der Waals surface area contributed by atoms with Gasteiger partial charge in [0.15, 0.2) is 0 Å². The van der Waals surface area contributed by atoms with Crippen molar-refractivity contribution >= 4 is 5.71 Å². The molecule has 0 aromatic carbocycles. The highest BCUT2D eigenvalue weighted by Crippen LogP contribution is 1.84. The highest BCUT2D eigenvalue weighted by molar-refractivity contribution is 5.94. The fourth-order valence-corrected chi connectivity index (χ4v) is 0.420. The van der Waals surface area contributed by atoms with Crippen LogP contribution in [0.15, 0.2) is 17.6 Å². The first-order valence-electron chi connectivity index (χ1n) is 2.54. The topological polar surface area (TPSA) is 32.6 Å². The first-order chi connectivity index (χ1) is 3.85. The summed E-state index contributed by atoms with van der Waals surface area (Å²) in [5.41, 5.74) is 0.854. The van der Waals surface area contributed by atoms with Crippen LogP contribution in [-0.4, -0.2) is 24.5 Å². The Morgan fingerprint density at radius 2 is 2.50 bits per heavy atom. The van der Waals surface area contributed by atoms with E-state index in [1.54, 1.807) is 13.1 Å². The van der Waals surface area contributed by atoms with Crippen molar-refractivity contribution in [1.82, 2.24) is 0 Å². The zero-order valence-electron chi connectivity index (χ0n) is 5.09. The lowest BCUT2D eigenvalue weighted by atomic mass is 10.3. The lowest BCUT2D eigenvalue weighted by Crippen LogP contribution is -1.95. The molecule has 0 saturated carbocycles. The minimum Gasteiger partial charge on any atom is -0.396 e. The Hall–Kier alpha value is -0.630.